The predicted octanol–water partition coefficient (Wildman–Crippen LogP) is 4.51. The van der Waals surface area contributed by atoms with Crippen LogP contribution in [0.4, 0.5) is 0 Å². The monoisotopic (exact) mass is 380 g/mol. The van der Waals surface area contributed by atoms with Gasteiger partial charge in [-0.1, -0.05) is 44.2 Å². The van der Waals surface area contributed by atoms with Crippen molar-refractivity contribution in [1.82, 2.24) is 10.2 Å². The van der Waals surface area contributed by atoms with Crippen LogP contribution in [0.2, 0.25) is 0 Å². The first-order valence-corrected chi connectivity index (χ1v) is 10.5. The minimum atomic E-state index is 0.381. The van der Waals surface area contributed by atoms with Crippen molar-refractivity contribution >= 4 is 0 Å². The Labute approximate surface area is 168 Å². The lowest BCUT2D eigenvalue weighted by Gasteiger charge is -2.35. The summed E-state index contributed by atoms with van der Waals surface area (Å²) in [5.74, 6) is 2.26. The lowest BCUT2D eigenvalue weighted by Crippen LogP contribution is -2.45. The number of methoxy groups -OCH3 is 1. The zero-order valence-electron chi connectivity index (χ0n) is 17.3. The van der Waals surface area contributed by atoms with Gasteiger partial charge in [-0.2, -0.15) is 0 Å². The molecule has 1 heterocycles. The second-order valence-corrected chi connectivity index (χ2v) is 8.33. The maximum Gasteiger partial charge on any atom is 0.161 e. The van der Waals surface area contributed by atoms with Gasteiger partial charge < -0.3 is 14.8 Å². The second-order valence-electron chi connectivity index (χ2n) is 8.33. The third kappa shape index (κ3) is 4.50. The predicted molar refractivity (Wildman–Crippen MR) is 113 cm³/mol. The Balaban J connectivity index is 1.45. The van der Waals surface area contributed by atoms with Gasteiger partial charge in [-0.05, 0) is 47.6 Å². The van der Waals surface area contributed by atoms with Gasteiger partial charge in [-0.25, -0.2) is 0 Å². The number of hydrogen-bond donors (Lipinski definition) is 1. The summed E-state index contributed by atoms with van der Waals surface area (Å²) in [6, 6.07) is 15.6. The van der Waals surface area contributed by atoms with Crippen molar-refractivity contribution in [2.45, 2.75) is 51.3 Å². The summed E-state index contributed by atoms with van der Waals surface area (Å²) in [6.45, 7) is 8.57. The highest BCUT2D eigenvalue weighted by Gasteiger charge is 2.26. The minimum absolute atomic E-state index is 0.381. The number of piperazine rings is 1. The Kier molecular flexibility index (Phi) is 5.88. The Morgan fingerprint density at radius 2 is 1.93 bits per heavy atom. The van der Waals surface area contributed by atoms with Crippen molar-refractivity contribution in [3.05, 3.63) is 59.2 Å². The largest absolute Gasteiger partial charge is 0.493 e. The van der Waals surface area contributed by atoms with E-state index in [1.54, 1.807) is 7.11 Å². The SMILES string of the molecule is COc1cc(CN2CCNC(c3ccccc3C(C)C)C2)ccc1OC1CC1. The standard InChI is InChI=1S/C24H32N2O2/c1-17(2)20-6-4-5-7-21(20)22-16-26(13-12-25-22)15-18-8-11-23(24(14-18)27-3)28-19-9-10-19/h4-8,11,14,17,19,22,25H,9-10,12-13,15-16H2,1-3H3. The van der Waals surface area contributed by atoms with Crippen LogP contribution in [0.3, 0.4) is 0 Å². The maximum atomic E-state index is 5.95. The van der Waals surface area contributed by atoms with Crippen LogP contribution in [0.5, 0.6) is 11.5 Å². The Hall–Kier alpha value is -2.04. The summed E-state index contributed by atoms with van der Waals surface area (Å²) in [5.41, 5.74) is 4.16. The fourth-order valence-corrected chi connectivity index (χ4v) is 4.05. The van der Waals surface area contributed by atoms with E-state index in [-0.39, 0.29) is 0 Å². The number of rotatable bonds is 7. The molecule has 1 N–H and O–H groups in total. The molecule has 150 valence electrons. The lowest BCUT2D eigenvalue weighted by atomic mass is 9.92. The third-order valence-electron chi connectivity index (χ3n) is 5.71. The molecular weight excluding hydrogens is 348 g/mol. The lowest BCUT2D eigenvalue weighted by molar-refractivity contribution is 0.192. The Morgan fingerprint density at radius 3 is 2.68 bits per heavy atom. The van der Waals surface area contributed by atoms with Crippen molar-refractivity contribution in [2.24, 2.45) is 0 Å². The fraction of sp³-hybridized carbons (Fsp3) is 0.500. The molecule has 1 saturated heterocycles. The molecule has 1 unspecified atom stereocenters. The molecule has 0 aromatic heterocycles. The second kappa shape index (κ2) is 8.54. The van der Waals surface area contributed by atoms with E-state index >= 15 is 0 Å². The summed E-state index contributed by atoms with van der Waals surface area (Å²) in [6.07, 6.45) is 2.70. The smallest absolute Gasteiger partial charge is 0.161 e. The van der Waals surface area contributed by atoms with Crippen LogP contribution in [0.25, 0.3) is 0 Å². The highest BCUT2D eigenvalue weighted by molar-refractivity contribution is 5.43. The average molecular weight is 381 g/mol. The number of nitrogens with one attached hydrogen (secondary N) is 1. The topological polar surface area (TPSA) is 33.7 Å². The molecule has 2 aromatic carbocycles. The summed E-state index contributed by atoms with van der Waals surface area (Å²) in [4.78, 5) is 2.54. The van der Waals surface area contributed by atoms with Gasteiger partial charge in [0.1, 0.15) is 0 Å². The Bertz CT molecular complexity index is 801. The van der Waals surface area contributed by atoms with Gasteiger partial charge in [-0.15, -0.1) is 0 Å². The summed E-state index contributed by atoms with van der Waals surface area (Å²) in [5, 5.41) is 3.72. The van der Waals surface area contributed by atoms with E-state index in [2.05, 4.69) is 66.5 Å². The van der Waals surface area contributed by atoms with Crippen LogP contribution in [0, 0.1) is 0 Å². The van der Waals surface area contributed by atoms with E-state index in [0.717, 1.165) is 50.5 Å². The fourth-order valence-electron chi connectivity index (χ4n) is 4.05. The molecule has 28 heavy (non-hydrogen) atoms. The molecule has 0 amide bonds. The first kappa shape index (κ1) is 19.3. The molecule has 0 radical (unpaired) electrons. The highest BCUT2D eigenvalue weighted by Crippen LogP contribution is 2.34. The normalized spacial score (nSPS) is 20.4. The molecule has 2 aromatic rings. The zero-order chi connectivity index (χ0) is 19.5. The molecule has 4 nitrogen and oxygen atoms in total. The van der Waals surface area contributed by atoms with Crippen molar-refractivity contribution in [3.63, 3.8) is 0 Å². The van der Waals surface area contributed by atoms with Gasteiger partial charge in [0.2, 0.25) is 0 Å². The van der Waals surface area contributed by atoms with Crippen LogP contribution >= 0.6 is 0 Å². The average Bonchev–Trinajstić information content (AvgIpc) is 3.53. The van der Waals surface area contributed by atoms with E-state index in [0.29, 0.717) is 18.1 Å². The van der Waals surface area contributed by atoms with Crippen LogP contribution in [-0.2, 0) is 6.54 Å². The molecule has 2 fully saturated rings. The van der Waals surface area contributed by atoms with Crippen molar-refractivity contribution in [1.29, 1.82) is 0 Å². The summed E-state index contributed by atoms with van der Waals surface area (Å²) in [7, 11) is 1.72. The first-order valence-electron chi connectivity index (χ1n) is 10.5. The molecule has 0 bridgehead atoms. The van der Waals surface area contributed by atoms with Gasteiger partial charge in [0.15, 0.2) is 11.5 Å². The van der Waals surface area contributed by atoms with E-state index < -0.39 is 0 Å². The molecule has 1 atom stereocenters. The van der Waals surface area contributed by atoms with Crippen molar-refractivity contribution < 1.29 is 9.47 Å². The third-order valence-corrected chi connectivity index (χ3v) is 5.71. The number of benzene rings is 2. The molecular formula is C24H32N2O2. The quantitative estimate of drug-likeness (QED) is 0.766. The number of ether oxygens (including phenoxy) is 2. The zero-order valence-corrected chi connectivity index (χ0v) is 17.3. The van der Waals surface area contributed by atoms with E-state index in [1.165, 1.54) is 16.7 Å². The van der Waals surface area contributed by atoms with E-state index in [4.69, 9.17) is 9.47 Å². The number of hydrogen-bond acceptors (Lipinski definition) is 4. The van der Waals surface area contributed by atoms with Crippen LogP contribution in [-0.4, -0.2) is 37.7 Å². The minimum Gasteiger partial charge on any atom is -0.493 e. The molecule has 0 spiro atoms. The first-order chi connectivity index (χ1) is 13.6. The van der Waals surface area contributed by atoms with Gasteiger partial charge in [0.25, 0.3) is 0 Å². The molecule has 1 aliphatic heterocycles. The van der Waals surface area contributed by atoms with Crippen LogP contribution in [0.1, 0.15) is 55.3 Å². The molecule has 2 aliphatic rings. The molecule has 4 heteroatoms. The van der Waals surface area contributed by atoms with Gasteiger partial charge in [-0.3, -0.25) is 4.90 Å². The maximum absolute atomic E-state index is 5.95. The van der Waals surface area contributed by atoms with Gasteiger partial charge >= 0.3 is 0 Å². The summed E-state index contributed by atoms with van der Waals surface area (Å²) >= 11 is 0. The molecule has 1 saturated carbocycles. The Morgan fingerprint density at radius 1 is 1.11 bits per heavy atom. The van der Waals surface area contributed by atoms with Gasteiger partial charge in [0, 0.05) is 32.2 Å². The van der Waals surface area contributed by atoms with Crippen LogP contribution in [0.15, 0.2) is 42.5 Å². The highest BCUT2D eigenvalue weighted by atomic mass is 16.5. The van der Waals surface area contributed by atoms with E-state index in [1.807, 2.05) is 0 Å². The summed E-state index contributed by atoms with van der Waals surface area (Å²) < 4.78 is 11.5. The molecule has 4 rings (SSSR count). The van der Waals surface area contributed by atoms with Crippen molar-refractivity contribution in [3.8, 4) is 11.5 Å². The van der Waals surface area contributed by atoms with E-state index in [9.17, 15) is 0 Å². The van der Waals surface area contributed by atoms with Gasteiger partial charge in [0.05, 0.1) is 13.2 Å². The number of nitrogens with zero attached hydrogens (tertiary/aromatic N) is 1. The van der Waals surface area contributed by atoms with Crippen LogP contribution < -0.4 is 14.8 Å². The molecule has 1 aliphatic carbocycles. The van der Waals surface area contributed by atoms with Crippen molar-refractivity contribution in [2.75, 3.05) is 26.7 Å².